The Bertz CT molecular complexity index is 845. The SMILES string of the molecule is O=C(Nc1ccc2c(c1)N(C(=O)[C@@H]1CCCO1)CC2)c1ccc(F)cc1. The topological polar surface area (TPSA) is 58.6 Å². The quantitative estimate of drug-likeness (QED) is 0.921. The van der Waals surface area contributed by atoms with Crippen LogP contribution in [0.25, 0.3) is 0 Å². The number of ether oxygens (including phenoxy) is 1. The molecule has 0 radical (unpaired) electrons. The molecule has 2 amide bonds. The van der Waals surface area contributed by atoms with Gasteiger partial charge in [0.2, 0.25) is 0 Å². The van der Waals surface area contributed by atoms with Crippen molar-refractivity contribution in [1.29, 1.82) is 0 Å². The van der Waals surface area contributed by atoms with Crippen molar-refractivity contribution in [3.63, 3.8) is 0 Å². The van der Waals surface area contributed by atoms with Crippen LogP contribution < -0.4 is 10.2 Å². The Labute approximate surface area is 150 Å². The van der Waals surface area contributed by atoms with Gasteiger partial charge in [0.25, 0.3) is 11.8 Å². The Hall–Kier alpha value is -2.73. The highest BCUT2D eigenvalue weighted by molar-refractivity contribution is 6.05. The largest absolute Gasteiger partial charge is 0.368 e. The van der Waals surface area contributed by atoms with Gasteiger partial charge >= 0.3 is 0 Å². The standard InChI is InChI=1S/C20H19FN2O3/c21-15-6-3-14(4-7-15)19(24)22-16-8-5-13-9-10-23(17(13)12-16)20(25)18-2-1-11-26-18/h3-8,12,18H,1-2,9-11H2,(H,22,24)/t18-/m0/s1. The fourth-order valence-corrected chi connectivity index (χ4v) is 3.44. The first-order valence-corrected chi connectivity index (χ1v) is 8.74. The highest BCUT2D eigenvalue weighted by Gasteiger charge is 2.32. The molecule has 1 saturated heterocycles. The van der Waals surface area contributed by atoms with Crippen molar-refractivity contribution in [3.8, 4) is 0 Å². The van der Waals surface area contributed by atoms with Crippen LogP contribution in [0.3, 0.4) is 0 Å². The average molecular weight is 354 g/mol. The second kappa shape index (κ2) is 6.88. The van der Waals surface area contributed by atoms with Crippen molar-refractivity contribution in [2.75, 3.05) is 23.4 Å². The fraction of sp³-hybridized carbons (Fsp3) is 0.300. The van der Waals surface area contributed by atoms with Gasteiger partial charge in [-0.05, 0) is 61.2 Å². The number of nitrogens with zero attached hydrogens (tertiary/aromatic N) is 1. The van der Waals surface area contributed by atoms with Gasteiger partial charge in [-0.1, -0.05) is 6.07 Å². The van der Waals surface area contributed by atoms with Crippen molar-refractivity contribution in [2.24, 2.45) is 0 Å². The number of nitrogens with one attached hydrogen (secondary N) is 1. The van der Waals surface area contributed by atoms with E-state index in [0.717, 1.165) is 30.5 Å². The maximum absolute atomic E-state index is 13.0. The van der Waals surface area contributed by atoms with E-state index in [1.807, 2.05) is 18.2 Å². The summed E-state index contributed by atoms with van der Waals surface area (Å²) in [6, 6.07) is 10.9. The Kier molecular flexibility index (Phi) is 4.42. The minimum atomic E-state index is -0.387. The maximum Gasteiger partial charge on any atom is 0.256 e. The lowest BCUT2D eigenvalue weighted by Crippen LogP contribution is -2.37. The lowest BCUT2D eigenvalue weighted by atomic mass is 10.1. The number of benzene rings is 2. The number of hydrogen-bond donors (Lipinski definition) is 1. The molecule has 2 heterocycles. The van der Waals surface area contributed by atoms with Crippen molar-refractivity contribution >= 4 is 23.2 Å². The zero-order chi connectivity index (χ0) is 18.1. The summed E-state index contributed by atoms with van der Waals surface area (Å²) in [5.41, 5.74) is 2.88. The van der Waals surface area contributed by atoms with Crippen LogP contribution in [0.15, 0.2) is 42.5 Å². The summed E-state index contributed by atoms with van der Waals surface area (Å²) < 4.78 is 18.5. The Morgan fingerprint density at radius 3 is 2.69 bits per heavy atom. The van der Waals surface area contributed by atoms with E-state index in [2.05, 4.69) is 5.32 Å². The number of fused-ring (bicyclic) bond motifs is 1. The van der Waals surface area contributed by atoms with Gasteiger partial charge in [-0.3, -0.25) is 9.59 Å². The van der Waals surface area contributed by atoms with Crippen molar-refractivity contribution in [2.45, 2.75) is 25.4 Å². The van der Waals surface area contributed by atoms with E-state index in [0.29, 0.717) is 24.4 Å². The summed E-state index contributed by atoms with van der Waals surface area (Å²) in [5.74, 6) is -0.717. The number of anilines is 2. The first-order chi connectivity index (χ1) is 12.6. The number of halogens is 1. The first kappa shape index (κ1) is 16.7. The zero-order valence-corrected chi connectivity index (χ0v) is 14.2. The highest BCUT2D eigenvalue weighted by Crippen LogP contribution is 2.32. The molecule has 2 aliphatic rings. The van der Waals surface area contributed by atoms with Gasteiger partial charge in [0.15, 0.2) is 0 Å². The number of hydrogen-bond acceptors (Lipinski definition) is 3. The van der Waals surface area contributed by atoms with Crippen molar-refractivity contribution < 1.29 is 18.7 Å². The summed E-state index contributed by atoms with van der Waals surface area (Å²) in [4.78, 5) is 26.7. The third-order valence-electron chi connectivity index (χ3n) is 4.82. The smallest absolute Gasteiger partial charge is 0.256 e. The van der Waals surface area contributed by atoms with Gasteiger partial charge in [-0.25, -0.2) is 4.39 Å². The Morgan fingerprint density at radius 2 is 1.96 bits per heavy atom. The van der Waals surface area contributed by atoms with Gasteiger partial charge in [-0.2, -0.15) is 0 Å². The average Bonchev–Trinajstić information content (AvgIpc) is 3.31. The summed E-state index contributed by atoms with van der Waals surface area (Å²) in [6.45, 7) is 1.26. The molecule has 1 N–H and O–H groups in total. The minimum absolute atomic E-state index is 0.0109. The van der Waals surface area contributed by atoms with Crippen LogP contribution in [0.1, 0.15) is 28.8 Å². The number of amides is 2. The van der Waals surface area contributed by atoms with Crippen LogP contribution in [-0.2, 0) is 16.0 Å². The fourth-order valence-electron chi connectivity index (χ4n) is 3.44. The minimum Gasteiger partial charge on any atom is -0.368 e. The molecule has 6 heteroatoms. The van der Waals surface area contributed by atoms with Crippen LogP contribution in [0, 0.1) is 5.82 Å². The molecule has 0 saturated carbocycles. The van der Waals surface area contributed by atoms with Crippen LogP contribution in [0.5, 0.6) is 0 Å². The van der Waals surface area contributed by atoms with E-state index >= 15 is 0 Å². The molecule has 0 aliphatic carbocycles. The molecule has 134 valence electrons. The van der Waals surface area contributed by atoms with E-state index < -0.39 is 0 Å². The Morgan fingerprint density at radius 1 is 1.15 bits per heavy atom. The molecular weight excluding hydrogens is 335 g/mol. The predicted molar refractivity (Wildman–Crippen MR) is 95.8 cm³/mol. The van der Waals surface area contributed by atoms with Crippen LogP contribution >= 0.6 is 0 Å². The molecule has 4 rings (SSSR count). The van der Waals surface area contributed by atoms with Gasteiger partial charge in [-0.15, -0.1) is 0 Å². The number of carbonyl (C=O) groups excluding carboxylic acids is 2. The molecule has 5 nitrogen and oxygen atoms in total. The van der Waals surface area contributed by atoms with Crippen molar-refractivity contribution in [1.82, 2.24) is 0 Å². The first-order valence-electron chi connectivity index (χ1n) is 8.74. The second-order valence-corrected chi connectivity index (χ2v) is 6.55. The molecule has 2 aliphatic heterocycles. The van der Waals surface area contributed by atoms with Crippen molar-refractivity contribution in [3.05, 3.63) is 59.4 Å². The third-order valence-corrected chi connectivity index (χ3v) is 4.82. The molecule has 1 fully saturated rings. The van der Waals surface area contributed by atoms with Crippen LogP contribution in [0.2, 0.25) is 0 Å². The molecule has 1 atom stereocenters. The molecule has 0 spiro atoms. The molecular formula is C20H19FN2O3. The Balaban J connectivity index is 1.53. The maximum atomic E-state index is 13.0. The molecule has 0 unspecified atom stereocenters. The molecule has 0 bridgehead atoms. The lowest BCUT2D eigenvalue weighted by molar-refractivity contribution is -0.127. The monoisotopic (exact) mass is 354 g/mol. The second-order valence-electron chi connectivity index (χ2n) is 6.55. The normalized spacial score (nSPS) is 18.7. The molecule has 26 heavy (non-hydrogen) atoms. The summed E-state index contributed by atoms with van der Waals surface area (Å²) >= 11 is 0. The van der Waals surface area contributed by atoms with E-state index in [-0.39, 0.29) is 23.7 Å². The number of rotatable bonds is 3. The number of carbonyl (C=O) groups is 2. The lowest BCUT2D eigenvalue weighted by Gasteiger charge is -2.21. The van der Waals surface area contributed by atoms with Gasteiger partial charge < -0.3 is 15.0 Å². The van der Waals surface area contributed by atoms with Crippen LogP contribution in [-0.4, -0.2) is 31.1 Å². The summed E-state index contributed by atoms with van der Waals surface area (Å²) in [7, 11) is 0. The van der Waals surface area contributed by atoms with Gasteiger partial charge in [0.1, 0.15) is 11.9 Å². The third kappa shape index (κ3) is 3.20. The van der Waals surface area contributed by atoms with E-state index in [9.17, 15) is 14.0 Å². The van der Waals surface area contributed by atoms with E-state index in [1.165, 1.54) is 24.3 Å². The van der Waals surface area contributed by atoms with Gasteiger partial charge in [0.05, 0.1) is 0 Å². The predicted octanol–water partition coefficient (Wildman–Crippen LogP) is 3.15. The van der Waals surface area contributed by atoms with E-state index in [4.69, 9.17) is 4.74 Å². The molecule has 2 aromatic carbocycles. The highest BCUT2D eigenvalue weighted by atomic mass is 19.1. The van der Waals surface area contributed by atoms with Crippen LogP contribution in [0.4, 0.5) is 15.8 Å². The zero-order valence-electron chi connectivity index (χ0n) is 14.2. The van der Waals surface area contributed by atoms with E-state index in [1.54, 1.807) is 4.90 Å². The molecule has 0 aromatic heterocycles. The molecule has 2 aromatic rings. The summed E-state index contributed by atoms with van der Waals surface area (Å²) in [5, 5.41) is 2.81. The summed E-state index contributed by atoms with van der Waals surface area (Å²) in [6.07, 6.45) is 2.09. The van der Waals surface area contributed by atoms with Gasteiger partial charge in [0, 0.05) is 30.1 Å².